The molecule has 0 fully saturated rings. The van der Waals surface area contributed by atoms with E-state index in [9.17, 15) is 0 Å². The van der Waals surface area contributed by atoms with Crippen LogP contribution in [0.2, 0.25) is 0 Å². The Kier molecular flexibility index (Phi) is 4.97. The minimum atomic E-state index is 0.0872. The highest BCUT2D eigenvalue weighted by Crippen LogP contribution is 2.29. The molecule has 0 saturated heterocycles. The van der Waals surface area contributed by atoms with Crippen molar-refractivity contribution in [2.45, 2.75) is 25.0 Å². The molecule has 2 atom stereocenters. The highest BCUT2D eigenvalue weighted by atomic mass is 32.2. The topological polar surface area (TPSA) is 42.9 Å². The van der Waals surface area contributed by atoms with Crippen LogP contribution < -0.4 is 4.72 Å². The van der Waals surface area contributed by atoms with Crippen LogP contribution in [-0.2, 0) is 15.9 Å². The summed E-state index contributed by atoms with van der Waals surface area (Å²) in [5.74, 6) is 0.889. The van der Waals surface area contributed by atoms with Crippen LogP contribution in [0.3, 0.4) is 0 Å². The number of aliphatic imine (C=N–C) groups is 1. The molecule has 0 amide bonds. The van der Waals surface area contributed by atoms with Crippen LogP contribution in [0.15, 0.2) is 52.1 Å². The molecule has 22 heavy (non-hydrogen) atoms. The number of hydrogen-bond acceptors (Lipinski definition) is 5. The molecule has 0 bridgehead atoms. The van der Waals surface area contributed by atoms with E-state index in [0.29, 0.717) is 0 Å². The van der Waals surface area contributed by atoms with Crippen molar-refractivity contribution in [3.05, 3.63) is 52.6 Å². The van der Waals surface area contributed by atoms with Crippen molar-refractivity contribution in [2.24, 2.45) is 4.99 Å². The molecule has 1 heterocycles. The van der Waals surface area contributed by atoms with E-state index < -0.39 is 0 Å². The van der Waals surface area contributed by atoms with Crippen molar-refractivity contribution in [1.29, 1.82) is 0 Å². The van der Waals surface area contributed by atoms with E-state index in [1.54, 1.807) is 26.2 Å². The van der Waals surface area contributed by atoms with Gasteiger partial charge in [0, 0.05) is 24.7 Å². The zero-order valence-electron chi connectivity index (χ0n) is 12.8. The number of hydrogen-bond donors (Lipinski definition) is 1. The lowest BCUT2D eigenvalue weighted by molar-refractivity contribution is 0.136. The van der Waals surface area contributed by atoms with Gasteiger partial charge in [-0.05, 0) is 42.2 Å². The van der Waals surface area contributed by atoms with E-state index in [2.05, 4.69) is 34.0 Å². The number of allylic oxidation sites excluding steroid dienone is 1. The molecule has 1 aromatic rings. The van der Waals surface area contributed by atoms with Gasteiger partial charge in [-0.3, -0.25) is 9.71 Å². The van der Waals surface area contributed by atoms with Gasteiger partial charge < -0.3 is 9.47 Å². The molecule has 1 aromatic carbocycles. The molecule has 2 unspecified atom stereocenters. The fourth-order valence-corrected chi connectivity index (χ4v) is 3.50. The molecule has 116 valence electrons. The number of methoxy groups -OCH3 is 2. The van der Waals surface area contributed by atoms with Crippen LogP contribution in [0.5, 0.6) is 0 Å². The van der Waals surface area contributed by atoms with Crippen LogP contribution >= 0.6 is 11.9 Å². The molecular weight excluding hydrogens is 296 g/mol. The summed E-state index contributed by atoms with van der Waals surface area (Å²) in [5, 5.41) is 0. The predicted molar refractivity (Wildman–Crippen MR) is 91.4 cm³/mol. The van der Waals surface area contributed by atoms with E-state index in [1.165, 1.54) is 5.56 Å². The van der Waals surface area contributed by atoms with Gasteiger partial charge in [-0.15, -0.1) is 0 Å². The summed E-state index contributed by atoms with van der Waals surface area (Å²) in [7, 11) is 3.43. The van der Waals surface area contributed by atoms with Crippen molar-refractivity contribution in [2.75, 3.05) is 14.2 Å². The fourth-order valence-electron chi connectivity index (χ4n) is 2.57. The van der Waals surface area contributed by atoms with Gasteiger partial charge in [0.05, 0.1) is 24.9 Å². The Morgan fingerprint density at radius 1 is 1.27 bits per heavy atom. The third-order valence-corrected chi connectivity index (χ3v) is 4.85. The molecule has 1 N–H and O–H groups in total. The summed E-state index contributed by atoms with van der Waals surface area (Å²) in [5.41, 5.74) is 2.35. The SMILES string of the molecule is COC1=CCC(OC)C(SNC2C=Nc3ccccc3C2)=C1. The molecule has 0 aromatic heterocycles. The van der Waals surface area contributed by atoms with Crippen molar-refractivity contribution in [3.8, 4) is 0 Å². The Morgan fingerprint density at radius 2 is 2.14 bits per heavy atom. The standard InChI is InChI=1S/C17H20N2O2S/c1-20-14-7-8-16(21-2)17(10-14)22-19-13-9-12-5-3-4-6-15(12)18-11-13/h3-7,10-11,13,16,19H,8-9H2,1-2H3. The number of rotatable bonds is 5. The van der Waals surface area contributed by atoms with Crippen molar-refractivity contribution in [3.63, 3.8) is 0 Å². The van der Waals surface area contributed by atoms with Crippen molar-refractivity contribution < 1.29 is 9.47 Å². The maximum atomic E-state index is 5.53. The lowest BCUT2D eigenvalue weighted by atomic mass is 10.0. The second-order valence-electron chi connectivity index (χ2n) is 5.25. The average Bonchev–Trinajstić information content (AvgIpc) is 2.59. The Hall–Kier alpha value is -1.56. The Labute approximate surface area is 135 Å². The number of nitrogens with one attached hydrogen (secondary N) is 1. The maximum Gasteiger partial charge on any atom is 0.115 e. The smallest absolute Gasteiger partial charge is 0.115 e. The highest BCUT2D eigenvalue weighted by molar-refractivity contribution is 8.01. The summed E-state index contributed by atoms with van der Waals surface area (Å²) in [6, 6.07) is 8.48. The molecule has 0 saturated carbocycles. The lowest BCUT2D eigenvalue weighted by Crippen LogP contribution is -2.30. The number of benzene rings is 1. The van der Waals surface area contributed by atoms with Gasteiger partial charge in [-0.1, -0.05) is 18.2 Å². The zero-order chi connectivity index (χ0) is 15.4. The van der Waals surface area contributed by atoms with E-state index >= 15 is 0 Å². The van der Waals surface area contributed by atoms with Crippen LogP contribution in [0, 0.1) is 0 Å². The van der Waals surface area contributed by atoms with Gasteiger partial charge in [0.1, 0.15) is 5.76 Å². The maximum absolute atomic E-state index is 5.53. The minimum absolute atomic E-state index is 0.0872. The summed E-state index contributed by atoms with van der Waals surface area (Å²) in [4.78, 5) is 5.65. The van der Waals surface area contributed by atoms with Crippen LogP contribution in [-0.4, -0.2) is 32.6 Å². The normalized spacial score (nSPS) is 23.5. The molecule has 4 nitrogen and oxygen atoms in total. The first kappa shape index (κ1) is 15.3. The van der Waals surface area contributed by atoms with Crippen LogP contribution in [0.25, 0.3) is 0 Å². The van der Waals surface area contributed by atoms with E-state index in [0.717, 1.165) is 29.2 Å². The van der Waals surface area contributed by atoms with E-state index in [4.69, 9.17) is 9.47 Å². The highest BCUT2D eigenvalue weighted by Gasteiger charge is 2.21. The summed E-state index contributed by atoms with van der Waals surface area (Å²) >= 11 is 1.60. The van der Waals surface area contributed by atoms with E-state index in [-0.39, 0.29) is 12.1 Å². The van der Waals surface area contributed by atoms with Gasteiger partial charge in [0.2, 0.25) is 0 Å². The van der Waals surface area contributed by atoms with E-state index in [1.807, 2.05) is 18.4 Å². The van der Waals surface area contributed by atoms with Gasteiger partial charge in [-0.25, -0.2) is 0 Å². The van der Waals surface area contributed by atoms with Crippen LogP contribution in [0.4, 0.5) is 5.69 Å². The Morgan fingerprint density at radius 3 is 2.95 bits per heavy atom. The minimum Gasteiger partial charge on any atom is -0.497 e. The quantitative estimate of drug-likeness (QED) is 0.846. The zero-order valence-corrected chi connectivity index (χ0v) is 13.6. The number of ether oxygens (including phenoxy) is 2. The van der Waals surface area contributed by atoms with Gasteiger partial charge in [-0.2, -0.15) is 0 Å². The molecule has 3 rings (SSSR count). The number of para-hydroxylation sites is 1. The third kappa shape index (κ3) is 3.43. The van der Waals surface area contributed by atoms with Gasteiger partial charge in [0.15, 0.2) is 0 Å². The summed E-state index contributed by atoms with van der Waals surface area (Å²) in [6.45, 7) is 0. The third-order valence-electron chi connectivity index (χ3n) is 3.81. The largest absolute Gasteiger partial charge is 0.497 e. The first-order chi connectivity index (χ1) is 10.8. The first-order valence-corrected chi connectivity index (χ1v) is 8.15. The molecule has 5 heteroatoms. The van der Waals surface area contributed by atoms with Crippen molar-refractivity contribution >= 4 is 23.8 Å². The molecule has 1 aliphatic carbocycles. The summed E-state index contributed by atoms with van der Waals surface area (Å²) in [6.07, 6.45) is 7.93. The van der Waals surface area contributed by atoms with Crippen LogP contribution in [0.1, 0.15) is 12.0 Å². The Balaban J connectivity index is 1.63. The van der Waals surface area contributed by atoms with Gasteiger partial charge in [0.25, 0.3) is 0 Å². The lowest BCUT2D eigenvalue weighted by Gasteiger charge is -2.24. The summed E-state index contributed by atoms with van der Waals surface area (Å²) < 4.78 is 14.3. The second kappa shape index (κ2) is 7.13. The predicted octanol–water partition coefficient (Wildman–Crippen LogP) is 3.38. The number of nitrogens with zero attached hydrogens (tertiary/aromatic N) is 1. The van der Waals surface area contributed by atoms with Gasteiger partial charge >= 0.3 is 0 Å². The second-order valence-corrected chi connectivity index (χ2v) is 6.17. The molecule has 1 aliphatic heterocycles. The average molecular weight is 316 g/mol. The fraction of sp³-hybridized carbons (Fsp3) is 0.353. The monoisotopic (exact) mass is 316 g/mol. The molecule has 2 aliphatic rings. The molecule has 0 spiro atoms. The Bertz CT molecular complexity index is 625. The van der Waals surface area contributed by atoms with Crippen molar-refractivity contribution in [1.82, 2.24) is 4.72 Å². The molecule has 0 radical (unpaired) electrons. The first-order valence-electron chi connectivity index (χ1n) is 7.33. The molecular formula is C17H20N2O2S. The number of fused-ring (bicyclic) bond motifs is 1.